The molecule has 1 N–H and O–H groups in total. The maximum Gasteiger partial charge on any atom is 0.213 e. The van der Waals surface area contributed by atoms with Gasteiger partial charge in [0.25, 0.3) is 0 Å². The van der Waals surface area contributed by atoms with Gasteiger partial charge in [0, 0.05) is 60.1 Å². The van der Waals surface area contributed by atoms with E-state index < -0.39 is 10.0 Å². The maximum atomic E-state index is 12.1. The minimum absolute atomic E-state index is 0.161. The fourth-order valence-corrected chi connectivity index (χ4v) is 4.94. The van der Waals surface area contributed by atoms with Crippen LogP contribution in [0.3, 0.4) is 0 Å². The van der Waals surface area contributed by atoms with Crippen molar-refractivity contribution in [3.63, 3.8) is 0 Å². The summed E-state index contributed by atoms with van der Waals surface area (Å²) in [5.74, 6) is 0.161. The molecule has 1 aliphatic heterocycles. The number of anilines is 1. The van der Waals surface area contributed by atoms with E-state index in [4.69, 9.17) is 0 Å². The molecule has 29 heavy (non-hydrogen) atoms. The molecule has 6 nitrogen and oxygen atoms in total. The largest absolute Gasteiger partial charge is 0.382 e. The second kappa shape index (κ2) is 8.08. The zero-order chi connectivity index (χ0) is 20.4. The average Bonchev–Trinajstić information content (AvgIpc) is 2.74. The number of sulfonamides is 1. The van der Waals surface area contributed by atoms with Gasteiger partial charge in [-0.2, -0.15) is 0 Å². The van der Waals surface area contributed by atoms with Crippen molar-refractivity contribution < 1.29 is 8.42 Å². The summed E-state index contributed by atoms with van der Waals surface area (Å²) in [5.41, 5.74) is 4.19. The van der Waals surface area contributed by atoms with Gasteiger partial charge < -0.3 is 5.32 Å². The lowest BCUT2D eigenvalue weighted by Gasteiger charge is -2.32. The Balaban J connectivity index is 1.61. The smallest absolute Gasteiger partial charge is 0.213 e. The number of fused-ring (bicyclic) bond motifs is 1. The van der Waals surface area contributed by atoms with Crippen molar-refractivity contribution in [3.8, 4) is 11.1 Å². The number of rotatable bonds is 5. The zero-order valence-corrected chi connectivity index (χ0v) is 17.6. The van der Waals surface area contributed by atoms with Crippen molar-refractivity contribution in [3.05, 3.63) is 54.6 Å². The van der Waals surface area contributed by atoms with E-state index in [1.165, 1.54) is 0 Å². The van der Waals surface area contributed by atoms with Gasteiger partial charge in [-0.3, -0.25) is 9.97 Å². The van der Waals surface area contributed by atoms with Crippen LogP contribution >= 0.6 is 0 Å². The molecule has 1 aliphatic rings. The van der Waals surface area contributed by atoms with Crippen molar-refractivity contribution in [2.45, 2.75) is 32.7 Å². The van der Waals surface area contributed by atoms with Crippen LogP contribution in [0.15, 0.2) is 48.9 Å². The number of hydrogen-bond donors (Lipinski definition) is 1. The van der Waals surface area contributed by atoms with E-state index in [1.807, 2.05) is 31.5 Å². The lowest BCUT2D eigenvalue weighted by molar-refractivity contribution is 0.330. The molecule has 2 aromatic heterocycles. The number of benzene rings is 1. The molecule has 0 radical (unpaired) electrons. The number of aryl methyl sites for hydroxylation is 1. The third kappa shape index (κ3) is 4.26. The summed E-state index contributed by atoms with van der Waals surface area (Å²) in [4.78, 5) is 8.72. The Bertz CT molecular complexity index is 1110. The number of pyridine rings is 2. The topological polar surface area (TPSA) is 75.2 Å². The summed E-state index contributed by atoms with van der Waals surface area (Å²) in [6.45, 7) is 4.80. The molecule has 0 spiro atoms. The van der Waals surface area contributed by atoms with Gasteiger partial charge in [0.2, 0.25) is 10.0 Å². The molecule has 0 saturated carbocycles. The van der Waals surface area contributed by atoms with Crippen LogP contribution in [0, 0.1) is 6.92 Å². The zero-order valence-electron chi connectivity index (χ0n) is 16.8. The van der Waals surface area contributed by atoms with Crippen LogP contribution < -0.4 is 5.32 Å². The Morgan fingerprint density at radius 3 is 2.59 bits per heavy atom. The van der Waals surface area contributed by atoms with E-state index in [2.05, 4.69) is 33.5 Å². The van der Waals surface area contributed by atoms with Gasteiger partial charge >= 0.3 is 0 Å². The average molecular weight is 411 g/mol. The number of nitrogens with zero attached hydrogens (tertiary/aromatic N) is 3. The highest BCUT2D eigenvalue weighted by Gasteiger charge is 2.26. The monoisotopic (exact) mass is 410 g/mol. The van der Waals surface area contributed by atoms with Crippen LogP contribution in [0.1, 0.15) is 25.5 Å². The Labute approximate surface area is 172 Å². The molecule has 152 valence electrons. The van der Waals surface area contributed by atoms with Gasteiger partial charge in [0.1, 0.15) is 0 Å². The first-order valence-corrected chi connectivity index (χ1v) is 11.6. The molecule has 7 heteroatoms. The molecule has 0 amide bonds. The van der Waals surface area contributed by atoms with Crippen LogP contribution in [-0.2, 0) is 10.0 Å². The first kappa shape index (κ1) is 19.8. The molecule has 0 unspecified atom stereocenters. The highest BCUT2D eigenvalue weighted by Crippen LogP contribution is 2.32. The predicted molar refractivity (Wildman–Crippen MR) is 117 cm³/mol. The van der Waals surface area contributed by atoms with E-state index >= 15 is 0 Å². The van der Waals surface area contributed by atoms with E-state index in [1.54, 1.807) is 17.4 Å². The SMILES string of the molecule is CCS(=O)(=O)N1CCC(Nc2cc(-c3ccc(C)nc3)cc3ccncc23)CC1. The Hall–Kier alpha value is -2.51. The lowest BCUT2D eigenvalue weighted by atomic mass is 10.00. The fraction of sp³-hybridized carbons (Fsp3) is 0.364. The van der Waals surface area contributed by atoms with Crippen LogP contribution in [0.4, 0.5) is 5.69 Å². The van der Waals surface area contributed by atoms with E-state index in [9.17, 15) is 8.42 Å². The molecule has 0 bridgehead atoms. The number of aromatic nitrogens is 2. The van der Waals surface area contributed by atoms with E-state index in [0.717, 1.165) is 46.1 Å². The van der Waals surface area contributed by atoms with Crippen molar-refractivity contribution in [1.82, 2.24) is 14.3 Å². The third-order valence-corrected chi connectivity index (χ3v) is 7.45. The van der Waals surface area contributed by atoms with Gasteiger partial charge in [0.15, 0.2) is 0 Å². The summed E-state index contributed by atoms with van der Waals surface area (Å²) in [6, 6.07) is 10.7. The van der Waals surface area contributed by atoms with Gasteiger partial charge in [-0.1, -0.05) is 6.07 Å². The predicted octanol–water partition coefficient (Wildman–Crippen LogP) is 3.83. The molecule has 0 aliphatic carbocycles. The normalized spacial score (nSPS) is 16.2. The van der Waals surface area contributed by atoms with Crippen molar-refractivity contribution in [2.75, 3.05) is 24.2 Å². The third-order valence-electron chi connectivity index (χ3n) is 5.57. The van der Waals surface area contributed by atoms with E-state index in [0.29, 0.717) is 13.1 Å². The van der Waals surface area contributed by atoms with Crippen molar-refractivity contribution in [1.29, 1.82) is 0 Å². The molecular formula is C22H26N4O2S. The molecule has 1 aromatic carbocycles. The maximum absolute atomic E-state index is 12.1. The minimum atomic E-state index is -3.11. The van der Waals surface area contributed by atoms with Gasteiger partial charge in [0.05, 0.1) is 5.75 Å². The summed E-state index contributed by atoms with van der Waals surface area (Å²) >= 11 is 0. The standard InChI is InChI=1S/C22H26N4O2S/c1-3-29(27,28)26-10-7-20(8-11-26)25-22-13-19(18-5-4-16(2)24-14-18)12-17-6-9-23-15-21(17)22/h4-6,9,12-15,20,25H,3,7-8,10-11H2,1-2H3. The first-order chi connectivity index (χ1) is 14.0. The fourth-order valence-electron chi connectivity index (χ4n) is 3.80. The van der Waals surface area contributed by atoms with Gasteiger partial charge in [-0.05, 0) is 61.9 Å². The summed E-state index contributed by atoms with van der Waals surface area (Å²) in [7, 11) is -3.11. The quantitative estimate of drug-likeness (QED) is 0.692. The molecule has 4 rings (SSSR count). The lowest BCUT2D eigenvalue weighted by Crippen LogP contribution is -2.42. The molecular weight excluding hydrogens is 384 g/mol. The highest BCUT2D eigenvalue weighted by atomic mass is 32.2. The number of nitrogens with one attached hydrogen (secondary N) is 1. The van der Waals surface area contributed by atoms with Crippen molar-refractivity contribution in [2.24, 2.45) is 0 Å². The summed E-state index contributed by atoms with van der Waals surface area (Å²) in [6.07, 6.45) is 7.16. The van der Waals surface area contributed by atoms with Gasteiger partial charge in [-0.25, -0.2) is 12.7 Å². The van der Waals surface area contributed by atoms with E-state index in [-0.39, 0.29) is 11.8 Å². The number of piperidine rings is 1. The van der Waals surface area contributed by atoms with Crippen LogP contribution in [0.2, 0.25) is 0 Å². The summed E-state index contributed by atoms with van der Waals surface area (Å²) < 4.78 is 25.8. The number of hydrogen-bond acceptors (Lipinski definition) is 5. The van der Waals surface area contributed by atoms with Gasteiger partial charge in [-0.15, -0.1) is 0 Å². The highest BCUT2D eigenvalue weighted by molar-refractivity contribution is 7.89. The molecule has 3 aromatic rings. The second-order valence-corrected chi connectivity index (χ2v) is 9.78. The molecule has 1 fully saturated rings. The molecule has 0 atom stereocenters. The van der Waals surface area contributed by atoms with Crippen molar-refractivity contribution >= 4 is 26.5 Å². The Morgan fingerprint density at radius 1 is 1.10 bits per heavy atom. The Kier molecular flexibility index (Phi) is 5.52. The Morgan fingerprint density at radius 2 is 1.90 bits per heavy atom. The van der Waals surface area contributed by atoms with Crippen LogP contribution in [0.25, 0.3) is 21.9 Å². The summed E-state index contributed by atoms with van der Waals surface area (Å²) in [5, 5.41) is 5.84. The second-order valence-electron chi connectivity index (χ2n) is 7.53. The van der Waals surface area contributed by atoms with Crippen LogP contribution in [0.5, 0.6) is 0 Å². The first-order valence-electron chi connectivity index (χ1n) is 10.0. The van der Waals surface area contributed by atoms with Crippen LogP contribution in [-0.4, -0.2) is 47.6 Å². The molecule has 1 saturated heterocycles. The molecule has 3 heterocycles. The minimum Gasteiger partial charge on any atom is -0.382 e.